The number of nitrogens with zero attached hydrogens (tertiary/aromatic N) is 1. The third-order valence-electron chi connectivity index (χ3n) is 3.17. The van der Waals surface area contributed by atoms with E-state index in [2.05, 4.69) is 5.32 Å². The molecule has 0 spiro atoms. The highest BCUT2D eigenvalue weighted by Crippen LogP contribution is 2.18. The lowest BCUT2D eigenvalue weighted by molar-refractivity contribution is -0.142. The molecule has 1 fully saturated rings. The Bertz CT molecular complexity index is 286. The van der Waals surface area contributed by atoms with Crippen molar-refractivity contribution in [2.24, 2.45) is 5.73 Å². The highest BCUT2D eigenvalue weighted by Gasteiger charge is 2.31. The molecule has 1 unspecified atom stereocenters. The largest absolute Gasteiger partial charge is 0.351 e. The van der Waals surface area contributed by atoms with Crippen molar-refractivity contribution in [2.75, 3.05) is 13.1 Å². The van der Waals surface area contributed by atoms with Crippen molar-refractivity contribution in [1.29, 1.82) is 0 Å². The third-order valence-corrected chi connectivity index (χ3v) is 3.17. The summed E-state index contributed by atoms with van der Waals surface area (Å²) in [4.78, 5) is 25.5. The molecule has 6 heteroatoms. The van der Waals surface area contributed by atoms with Crippen molar-refractivity contribution >= 4 is 24.2 Å². The van der Waals surface area contributed by atoms with Crippen molar-refractivity contribution in [3.05, 3.63) is 0 Å². The van der Waals surface area contributed by atoms with Gasteiger partial charge in [-0.2, -0.15) is 0 Å². The summed E-state index contributed by atoms with van der Waals surface area (Å²) in [6.07, 6.45) is 3.20. The van der Waals surface area contributed by atoms with Crippen LogP contribution in [0, 0.1) is 0 Å². The van der Waals surface area contributed by atoms with Crippen LogP contribution >= 0.6 is 12.4 Å². The minimum atomic E-state index is -0.301. The number of hydrogen-bond donors (Lipinski definition) is 2. The van der Waals surface area contributed by atoms with Gasteiger partial charge in [-0.15, -0.1) is 12.4 Å². The number of nitrogens with two attached hydrogens (primary N) is 1. The zero-order valence-corrected chi connectivity index (χ0v) is 12.0. The van der Waals surface area contributed by atoms with Crippen LogP contribution in [0.3, 0.4) is 0 Å². The lowest BCUT2D eigenvalue weighted by atomic mass is 10.0. The average Bonchev–Trinajstić information content (AvgIpc) is 2.37. The van der Waals surface area contributed by atoms with E-state index in [0.29, 0.717) is 19.5 Å². The molecule has 3 N–H and O–H groups in total. The Kier molecular flexibility index (Phi) is 7.95. The van der Waals surface area contributed by atoms with E-state index in [9.17, 15) is 9.59 Å². The SMILES string of the molecule is CCC(=O)N1CCCCC1C(=O)N[C@@H](C)CN.Cl. The normalized spacial score (nSPS) is 20.8. The number of nitrogens with one attached hydrogen (secondary N) is 1. The molecular weight excluding hydrogens is 254 g/mol. The summed E-state index contributed by atoms with van der Waals surface area (Å²) < 4.78 is 0. The van der Waals surface area contributed by atoms with Gasteiger partial charge >= 0.3 is 0 Å². The number of carbonyl (C=O) groups excluding carboxylic acids is 2. The number of carbonyl (C=O) groups is 2. The second kappa shape index (κ2) is 8.32. The van der Waals surface area contributed by atoms with E-state index in [0.717, 1.165) is 19.3 Å². The standard InChI is InChI=1S/C12H23N3O2.ClH/c1-3-11(16)15-7-5-4-6-10(15)12(17)14-9(2)8-13;/h9-10H,3-8,13H2,1-2H3,(H,14,17);1H/t9-,10?;/m0./s1. The van der Waals surface area contributed by atoms with Crippen molar-refractivity contribution in [3.63, 3.8) is 0 Å². The summed E-state index contributed by atoms with van der Waals surface area (Å²) in [5, 5.41) is 2.85. The lowest BCUT2D eigenvalue weighted by Gasteiger charge is -2.35. The summed E-state index contributed by atoms with van der Waals surface area (Å²) >= 11 is 0. The molecule has 0 aliphatic carbocycles. The first-order valence-electron chi connectivity index (χ1n) is 6.40. The maximum absolute atomic E-state index is 12.0. The van der Waals surface area contributed by atoms with E-state index in [-0.39, 0.29) is 36.3 Å². The van der Waals surface area contributed by atoms with E-state index in [1.807, 2.05) is 13.8 Å². The van der Waals surface area contributed by atoms with Crippen LogP contribution in [0.2, 0.25) is 0 Å². The maximum Gasteiger partial charge on any atom is 0.243 e. The fourth-order valence-electron chi connectivity index (χ4n) is 2.10. The molecule has 18 heavy (non-hydrogen) atoms. The number of hydrogen-bond acceptors (Lipinski definition) is 3. The predicted octanol–water partition coefficient (Wildman–Crippen LogP) is 0.663. The minimum absolute atomic E-state index is 0. The van der Waals surface area contributed by atoms with E-state index in [1.54, 1.807) is 4.90 Å². The Morgan fingerprint density at radius 2 is 2.11 bits per heavy atom. The zero-order chi connectivity index (χ0) is 12.8. The summed E-state index contributed by atoms with van der Waals surface area (Å²) in [6, 6.07) is -0.340. The van der Waals surface area contributed by atoms with Crippen molar-refractivity contribution in [3.8, 4) is 0 Å². The lowest BCUT2D eigenvalue weighted by Crippen LogP contribution is -2.54. The Morgan fingerprint density at radius 3 is 2.67 bits per heavy atom. The van der Waals surface area contributed by atoms with Gasteiger partial charge in [-0.3, -0.25) is 9.59 Å². The highest BCUT2D eigenvalue weighted by atomic mass is 35.5. The fourth-order valence-corrected chi connectivity index (χ4v) is 2.10. The van der Waals surface area contributed by atoms with Gasteiger partial charge in [-0.25, -0.2) is 0 Å². The Hall–Kier alpha value is -0.810. The Balaban J connectivity index is 0.00000289. The molecule has 2 atom stereocenters. The molecule has 0 radical (unpaired) electrons. The van der Waals surface area contributed by atoms with Gasteiger partial charge in [0.1, 0.15) is 6.04 Å². The molecule has 106 valence electrons. The van der Waals surface area contributed by atoms with Crippen LogP contribution in [0.1, 0.15) is 39.5 Å². The topological polar surface area (TPSA) is 75.4 Å². The number of halogens is 1. The molecule has 5 nitrogen and oxygen atoms in total. The molecule has 1 saturated heterocycles. The second-order valence-corrected chi connectivity index (χ2v) is 4.60. The summed E-state index contributed by atoms with van der Waals surface area (Å²) in [5.74, 6) is -0.00491. The molecule has 0 aromatic carbocycles. The van der Waals surface area contributed by atoms with Crippen LogP contribution in [0.4, 0.5) is 0 Å². The van der Waals surface area contributed by atoms with Crippen LogP contribution in [0.25, 0.3) is 0 Å². The van der Waals surface area contributed by atoms with Gasteiger partial charge in [0.05, 0.1) is 0 Å². The van der Waals surface area contributed by atoms with E-state index in [1.165, 1.54) is 0 Å². The summed E-state index contributed by atoms with van der Waals surface area (Å²) in [5.41, 5.74) is 5.48. The smallest absolute Gasteiger partial charge is 0.243 e. The Labute approximate surface area is 115 Å². The molecule has 1 aliphatic rings. The quantitative estimate of drug-likeness (QED) is 0.793. The van der Waals surface area contributed by atoms with Crippen LogP contribution in [0.15, 0.2) is 0 Å². The van der Waals surface area contributed by atoms with Gasteiger partial charge in [-0.05, 0) is 26.2 Å². The van der Waals surface area contributed by atoms with Gasteiger partial charge in [0.25, 0.3) is 0 Å². The number of piperidine rings is 1. The number of amides is 2. The fraction of sp³-hybridized carbons (Fsp3) is 0.833. The van der Waals surface area contributed by atoms with Crippen molar-refractivity contribution in [2.45, 2.75) is 51.6 Å². The van der Waals surface area contributed by atoms with Crippen LogP contribution in [0.5, 0.6) is 0 Å². The summed E-state index contributed by atoms with van der Waals surface area (Å²) in [7, 11) is 0. The van der Waals surface area contributed by atoms with E-state index in [4.69, 9.17) is 5.73 Å². The molecule has 0 aromatic heterocycles. The monoisotopic (exact) mass is 277 g/mol. The number of rotatable bonds is 4. The van der Waals surface area contributed by atoms with Gasteiger partial charge in [0.15, 0.2) is 0 Å². The van der Waals surface area contributed by atoms with Gasteiger partial charge < -0.3 is 16.0 Å². The van der Waals surface area contributed by atoms with E-state index < -0.39 is 0 Å². The van der Waals surface area contributed by atoms with Crippen LogP contribution in [-0.2, 0) is 9.59 Å². The first kappa shape index (κ1) is 17.2. The summed E-state index contributed by atoms with van der Waals surface area (Å²) in [6.45, 7) is 4.81. The first-order valence-corrected chi connectivity index (χ1v) is 6.40. The molecule has 2 amide bonds. The van der Waals surface area contributed by atoms with Gasteiger partial charge in [-0.1, -0.05) is 6.92 Å². The second-order valence-electron chi connectivity index (χ2n) is 4.60. The van der Waals surface area contributed by atoms with Gasteiger partial charge in [0, 0.05) is 25.6 Å². The van der Waals surface area contributed by atoms with Crippen molar-refractivity contribution in [1.82, 2.24) is 10.2 Å². The van der Waals surface area contributed by atoms with Crippen LogP contribution in [-0.4, -0.2) is 41.9 Å². The molecule has 1 aliphatic heterocycles. The molecule has 0 saturated carbocycles. The van der Waals surface area contributed by atoms with Crippen molar-refractivity contribution < 1.29 is 9.59 Å². The number of likely N-dealkylation sites (tertiary alicyclic amines) is 1. The molecule has 1 rings (SSSR count). The first-order chi connectivity index (χ1) is 8.10. The highest BCUT2D eigenvalue weighted by molar-refractivity contribution is 5.88. The average molecular weight is 278 g/mol. The molecule has 0 bridgehead atoms. The zero-order valence-electron chi connectivity index (χ0n) is 11.1. The Morgan fingerprint density at radius 1 is 1.44 bits per heavy atom. The molecule has 0 aromatic rings. The maximum atomic E-state index is 12.0. The van der Waals surface area contributed by atoms with E-state index >= 15 is 0 Å². The van der Waals surface area contributed by atoms with Gasteiger partial charge in [0.2, 0.25) is 11.8 Å². The molecule has 1 heterocycles. The molecular formula is C12H24ClN3O2. The minimum Gasteiger partial charge on any atom is -0.351 e. The van der Waals surface area contributed by atoms with Crippen LogP contribution < -0.4 is 11.1 Å². The predicted molar refractivity (Wildman–Crippen MR) is 73.6 cm³/mol. The third kappa shape index (κ3) is 4.46.